The zero-order chi connectivity index (χ0) is 14.3. The Bertz CT molecular complexity index is 448. The molecule has 1 aromatic carbocycles. The number of rotatable bonds is 6. The van der Waals surface area contributed by atoms with Crippen molar-refractivity contribution in [3.63, 3.8) is 0 Å². The molecule has 0 aliphatic rings. The van der Waals surface area contributed by atoms with Gasteiger partial charge in [0.2, 0.25) is 5.91 Å². The second-order valence-electron chi connectivity index (χ2n) is 3.87. The Morgan fingerprint density at radius 3 is 2.58 bits per heavy atom. The van der Waals surface area contributed by atoms with Gasteiger partial charge in [0.25, 0.3) is 0 Å². The summed E-state index contributed by atoms with van der Waals surface area (Å²) in [6.07, 6.45) is 0. The highest BCUT2D eigenvalue weighted by Crippen LogP contribution is 2.22. The summed E-state index contributed by atoms with van der Waals surface area (Å²) < 4.78 is 9.66. The molecule has 1 unspecified atom stereocenters. The summed E-state index contributed by atoms with van der Waals surface area (Å²) in [7, 11) is 2.83. The van der Waals surface area contributed by atoms with Gasteiger partial charge in [0, 0.05) is 0 Å². The number of nitrogens with one attached hydrogen (secondary N) is 2. The number of ether oxygens (including phenoxy) is 2. The fraction of sp³-hybridized carbons (Fsp3) is 0.385. The maximum atomic E-state index is 11.7. The number of carbonyl (C=O) groups is 2. The molecule has 0 heterocycles. The number of anilines is 1. The number of methoxy groups -OCH3 is 2. The molecule has 0 spiro atoms. The second-order valence-corrected chi connectivity index (χ2v) is 3.87. The molecule has 0 aliphatic carbocycles. The van der Waals surface area contributed by atoms with Gasteiger partial charge in [0.05, 0.1) is 26.5 Å². The van der Waals surface area contributed by atoms with Crippen molar-refractivity contribution in [1.29, 1.82) is 0 Å². The first-order valence-electron chi connectivity index (χ1n) is 5.82. The van der Waals surface area contributed by atoms with Gasteiger partial charge < -0.3 is 14.8 Å². The minimum absolute atomic E-state index is 0.00825. The summed E-state index contributed by atoms with van der Waals surface area (Å²) in [6, 6.07) is 6.56. The largest absolute Gasteiger partial charge is 0.495 e. The lowest BCUT2D eigenvalue weighted by molar-refractivity contribution is -0.142. The Hall–Kier alpha value is -2.08. The van der Waals surface area contributed by atoms with Crippen molar-refractivity contribution in [2.24, 2.45) is 0 Å². The first-order valence-corrected chi connectivity index (χ1v) is 5.82. The summed E-state index contributed by atoms with van der Waals surface area (Å²) in [5.74, 6) is -0.0952. The highest BCUT2D eigenvalue weighted by Gasteiger charge is 2.14. The maximum absolute atomic E-state index is 11.7. The number of carbonyl (C=O) groups excluding carboxylic acids is 2. The summed E-state index contributed by atoms with van der Waals surface area (Å²) in [5.41, 5.74) is 0.586. The molecule has 104 valence electrons. The van der Waals surface area contributed by atoms with E-state index in [4.69, 9.17) is 4.74 Å². The van der Waals surface area contributed by atoms with E-state index in [1.165, 1.54) is 14.2 Å². The molecule has 0 saturated carbocycles. The molecular formula is C13H18N2O4. The van der Waals surface area contributed by atoms with E-state index in [2.05, 4.69) is 15.4 Å². The molecule has 6 heteroatoms. The lowest BCUT2D eigenvalue weighted by Gasteiger charge is -2.12. The number of amides is 1. The third kappa shape index (κ3) is 4.59. The minimum atomic E-state index is -0.534. The van der Waals surface area contributed by atoms with Crippen LogP contribution in [-0.2, 0) is 14.3 Å². The van der Waals surface area contributed by atoms with E-state index in [0.29, 0.717) is 11.4 Å². The quantitative estimate of drug-likeness (QED) is 0.744. The molecular weight excluding hydrogens is 248 g/mol. The van der Waals surface area contributed by atoms with Crippen LogP contribution in [0.3, 0.4) is 0 Å². The van der Waals surface area contributed by atoms with E-state index in [0.717, 1.165) is 0 Å². The van der Waals surface area contributed by atoms with Crippen LogP contribution in [0.1, 0.15) is 6.92 Å². The van der Waals surface area contributed by atoms with Gasteiger partial charge >= 0.3 is 5.97 Å². The van der Waals surface area contributed by atoms with E-state index >= 15 is 0 Å². The van der Waals surface area contributed by atoms with E-state index < -0.39 is 12.0 Å². The molecule has 1 rings (SSSR count). The van der Waals surface area contributed by atoms with Crippen molar-refractivity contribution < 1.29 is 19.1 Å². The van der Waals surface area contributed by atoms with Crippen LogP contribution in [0, 0.1) is 0 Å². The lowest BCUT2D eigenvalue weighted by atomic mass is 10.3. The smallest absolute Gasteiger partial charge is 0.322 e. The van der Waals surface area contributed by atoms with Crippen LogP contribution in [-0.4, -0.2) is 38.7 Å². The topological polar surface area (TPSA) is 76.7 Å². The predicted molar refractivity (Wildman–Crippen MR) is 71.1 cm³/mol. The Labute approximate surface area is 112 Å². The van der Waals surface area contributed by atoms with Gasteiger partial charge in [-0.25, -0.2) is 0 Å². The third-order valence-electron chi connectivity index (χ3n) is 2.50. The molecule has 1 amide bonds. The summed E-state index contributed by atoms with van der Waals surface area (Å²) in [5, 5.41) is 5.46. The molecule has 0 aromatic heterocycles. The SMILES string of the molecule is COC(=O)C(C)NCC(=O)Nc1ccccc1OC. The number of benzene rings is 1. The molecule has 0 fully saturated rings. The van der Waals surface area contributed by atoms with Crippen LogP contribution in [0.5, 0.6) is 5.75 Å². The van der Waals surface area contributed by atoms with Crippen molar-refractivity contribution in [2.45, 2.75) is 13.0 Å². The second kappa shape index (κ2) is 7.38. The monoisotopic (exact) mass is 266 g/mol. The van der Waals surface area contributed by atoms with E-state index in [1.54, 1.807) is 25.1 Å². The maximum Gasteiger partial charge on any atom is 0.322 e. The Balaban J connectivity index is 2.49. The molecule has 0 saturated heterocycles. The van der Waals surface area contributed by atoms with Crippen LogP contribution in [0.25, 0.3) is 0 Å². The Morgan fingerprint density at radius 1 is 1.26 bits per heavy atom. The van der Waals surface area contributed by atoms with Gasteiger partial charge in [-0.3, -0.25) is 14.9 Å². The fourth-order valence-corrected chi connectivity index (χ4v) is 1.45. The Morgan fingerprint density at radius 2 is 1.95 bits per heavy atom. The average Bonchev–Trinajstić information content (AvgIpc) is 2.44. The van der Waals surface area contributed by atoms with Gasteiger partial charge in [0.1, 0.15) is 11.8 Å². The van der Waals surface area contributed by atoms with E-state index in [1.807, 2.05) is 6.07 Å². The zero-order valence-electron chi connectivity index (χ0n) is 11.2. The lowest BCUT2D eigenvalue weighted by Crippen LogP contribution is -2.39. The summed E-state index contributed by atoms with van der Waals surface area (Å²) in [6.45, 7) is 1.64. The van der Waals surface area contributed by atoms with Gasteiger partial charge in [-0.05, 0) is 19.1 Å². The predicted octanol–water partition coefficient (Wildman–Crippen LogP) is 0.785. The van der Waals surface area contributed by atoms with Crippen molar-refractivity contribution in [3.05, 3.63) is 24.3 Å². The highest BCUT2D eigenvalue weighted by molar-refractivity contribution is 5.94. The minimum Gasteiger partial charge on any atom is -0.495 e. The fourth-order valence-electron chi connectivity index (χ4n) is 1.45. The van der Waals surface area contributed by atoms with Gasteiger partial charge in [-0.15, -0.1) is 0 Å². The molecule has 6 nitrogen and oxygen atoms in total. The number of para-hydroxylation sites is 2. The van der Waals surface area contributed by atoms with Gasteiger partial charge in [-0.2, -0.15) is 0 Å². The Kier molecular flexibility index (Phi) is 5.81. The third-order valence-corrected chi connectivity index (χ3v) is 2.50. The van der Waals surface area contributed by atoms with Crippen LogP contribution in [0.2, 0.25) is 0 Å². The van der Waals surface area contributed by atoms with E-state index in [9.17, 15) is 9.59 Å². The van der Waals surface area contributed by atoms with Gasteiger partial charge in [0.15, 0.2) is 0 Å². The molecule has 2 N–H and O–H groups in total. The van der Waals surface area contributed by atoms with Crippen LogP contribution >= 0.6 is 0 Å². The molecule has 0 bridgehead atoms. The van der Waals surface area contributed by atoms with Crippen LogP contribution in [0.15, 0.2) is 24.3 Å². The molecule has 0 radical (unpaired) electrons. The normalized spacial score (nSPS) is 11.5. The standard InChI is InChI=1S/C13H18N2O4/c1-9(13(17)19-3)14-8-12(16)15-10-6-4-5-7-11(10)18-2/h4-7,9,14H,8H2,1-3H3,(H,15,16). The zero-order valence-corrected chi connectivity index (χ0v) is 11.2. The van der Waals surface area contributed by atoms with E-state index in [-0.39, 0.29) is 12.5 Å². The van der Waals surface area contributed by atoms with Crippen molar-refractivity contribution in [1.82, 2.24) is 5.32 Å². The summed E-state index contributed by atoms with van der Waals surface area (Å²) >= 11 is 0. The van der Waals surface area contributed by atoms with Crippen molar-refractivity contribution in [2.75, 3.05) is 26.1 Å². The number of hydrogen-bond donors (Lipinski definition) is 2. The van der Waals surface area contributed by atoms with Gasteiger partial charge in [-0.1, -0.05) is 12.1 Å². The molecule has 1 aromatic rings. The van der Waals surface area contributed by atoms with Crippen molar-refractivity contribution >= 4 is 17.6 Å². The van der Waals surface area contributed by atoms with Crippen LogP contribution in [0.4, 0.5) is 5.69 Å². The highest BCUT2D eigenvalue weighted by atomic mass is 16.5. The first kappa shape index (κ1) is 15.0. The molecule has 1 atom stereocenters. The number of hydrogen-bond acceptors (Lipinski definition) is 5. The molecule has 0 aliphatic heterocycles. The number of esters is 1. The summed E-state index contributed by atoms with van der Waals surface area (Å²) in [4.78, 5) is 22.9. The van der Waals surface area contributed by atoms with Crippen molar-refractivity contribution in [3.8, 4) is 5.75 Å². The molecule has 19 heavy (non-hydrogen) atoms. The average molecular weight is 266 g/mol. The first-order chi connectivity index (χ1) is 9.08. The van der Waals surface area contributed by atoms with Crippen LogP contribution < -0.4 is 15.4 Å².